The van der Waals surface area contributed by atoms with E-state index in [9.17, 15) is 9.90 Å². The maximum Gasteiger partial charge on any atom is 0.136 e. The first-order valence-corrected chi connectivity index (χ1v) is 7.03. The van der Waals surface area contributed by atoms with E-state index in [-0.39, 0.29) is 10.9 Å². The number of thioether (sulfide) groups is 1. The van der Waals surface area contributed by atoms with E-state index in [1.165, 1.54) is 6.42 Å². The second kappa shape index (κ2) is 4.88. The predicted molar refractivity (Wildman–Crippen MR) is 63.1 cm³/mol. The lowest BCUT2D eigenvalue weighted by Crippen LogP contribution is -2.34. The van der Waals surface area contributed by atoms with E-state index >= 15 is 0 Å². The molecule has 1 aliphatic heterocycles. The van der Waals surface area contributed by atoms with E-state index in [4.69, 9.17) is 0 Å². The van der Waals surface area contributed by atoms with Crippen LogP contribution in [0.4, 0.5) is 0 Å². The Balaban J connectivity index is 1.96. The van der Waals surface area contributed by atoms with E-state index in [1.807, 2.05) is 0 Å². The average Bonchev–Trinajstić information content (AvgIpc) is 2.71. The lowest BCUT2D eigenvalue weighted by atomic mass is 9.80. The van der Waals surface area contributed by atoms with Crippen LogP contribution in [0.3, 0.4) is 0 Å². The molecule has 1 N–H and O–H groups in total. The molecule has 0 radical (unpaired) electrons. The highest BCUT2D eigenvalue weighted by molar-refractivity contribution is 8.01. The zero-order valence-corrected chi connectivity index (χ0v) is 9.97. The van der Waals surface area contributed by atoms with Gasteiger partial charge in [-0.05, 0) is 43.8 Å². The first-order valence-electron chi connectivity index (χ1n) is 6.04. The quantitative estimate of drug-likeness (QED) is 0.754. The van der Waals surface area contributed by atoms with Crippen molar-refractivity contribution in [2.75, 3.05) is 5.75 Å². The van der Waals surface area contributed by atoms with Crippen molar-refractivity contribution in [1.29, 1.82) is 0 Å². The van der Waals surface area contributed by atoms with Crippen LogP contribution < -0.4 is 0 Å². The summed E-state index contributed by atoms with van der Waals surface area (Å²) < 4.78 is -0.150. The molecule has 1 saturated carbocycles. The van der Waals surface area contributed by atoms with Gasteiger partial charge < -0.3 is 9.90 Å². The van der Waals surface area contributed by atoms with Crippen molar-refractivity contribution in [2.24, 2.45) is 5.92 Å². The smallest absolute Gasteiger partial charge is 0.136 e. The van der Waals surface area contributed by atoms with E-state index in [2.05, 4.69) is 0 Å². The largest absolute Gasteiger partial charge is 0.393 e. The molecule has 3 unspecified atom stereocenters. The minimum absolute atomic E-state index is 0.150. The highest BCUT2D eigenvalue weighted by Crippen LogP contribution is 2.44. The molecule has 0 aromatic carbocycles. The van der Waals surface area contributed by atoms with Gasteiger partial charge in [0.1, 0.15) is 6.29 Å². The molecule has 2 rings (SSSR count). The molecule has 2 nitrogen and oxygen atoms in total. The third-order valence-corrected chi connectivity index (χ3v) is 5.36. The van der Waals surface area contributed by atoms with Gasteiger partial charge in [-0.2, -0.15) is 0 Å². The van der Waals surface area contributed by atoms with Gasteiger partial charge in [0, 0.05) is 0 Å². The van der Waals surface area contributed by atoms with Gasteiger partial charge in [0.15, 0.2) is 0 Å². The Morgan fingerprint density at radius 1 is 1.33 bits per heavy atom. The van der Waals surface area contributed by atoms with Crippen molar-refractivity contribution in [2.45, 2.75) is 55.8 Å². The summed E-state index contributed by atoms with van der Waals surface area (Å²) in [5.41, 5.74) is 0. The van der Waals surface area contributed by atoms with Crippen LogP contribution in [0.15, 0.2) is 0 Å². The van der Waals surface area contributed by atoms with Crippen LogP contribution in [0.1, 0.15) is 44.9 Å². The number of aliphatic hydroxyl groups is 1. The molecule has 1 saturated heterocycles. The Kier molecular flexibility index (Phi) is 3.73. The van der Waals surface area contributed by atoms with E-state index in [0.29, 0.717) is 5.92 Å². The van der Waals surface area contributed by atoms with Crippen LogP contribution in [-0.2, 0) is 4.79 Å². The van der Waals surface area contributed by atoms with Gasteiger partial charge >= 0.3 is 0 Å². The minimum atomic E-state index is -0.156. The van der Waals surface area contributed by atoms with Gasteiger partial charge in [-0.3, -0.25) is 0 Å². The summed E-state index contributed by atoms with van der Waals surface area (Å²) in [7, 11) is 0. The standard InChI is InChI=1S/C12H20O2S/c13-9-12(6-3-7-15-12)8-10-4-1-2-5-11(10)14/h9-11,14H,1-8H2. The van der Waals surface area contributed by atoms with Crippen LogP contribution in [-0.4, -0.2) is 28.0 Å². The SMILES string of the molecule is O=CC1(CC2CCCCC2O)CCCS1. The van der Waals surface area contributed by atoms with Gasteiger partial charge in [0.25, 0.3) is 0 Å². The van der Waals surface area contributed by atoms with Crippen LogP contribution in [0.2, 0.25) is 0 Å². The van der Waals surface area contributed by atoms with Crippen molar-refractivity contribution in [3.8, 4) is 0 Å². The fourth-order valence-electron chi connectivity index (χ4n) is 2.89. The molecule has 2 fully saturated rings. The monoisotopic (exact) mass is 228 g/mol. The first-order chi connectivity index (χ1) is 7.26. The Labute approximate surface area is 95.8 Å². The predicted octanol–water partition coefficient (Wildman–Crippen LogP) is 2.39. The number of hydrogen-bond acceptors (Lipinski definition) is 3. The fourth-order valence-corrected chi connectivity index (χ4v) is 4.27. The Hall–Kier alpha value is -0.0200. The van der Waals surface area contributed by atoms with Gasteiger partial charge in [-0.25, -0.2) is 0 Å². The number of hydrogen-bond donors (Lipinski definition) is 1. The molecular formula is C12H20O2S. The van der Waals surface area contributed by atoms with Crippen molar-refractivity contribution >= 4 is 18.0 Å². The van der Waals surface area contributed by atoms with E-state index in [1.54, 1.807) is 11.8 Å². The van der Waals surface area contributed by atoms with E-state index in [0.717, 1.165) is 50.6 Å². The molecule has 3 heteroatoms. The number of carbonyl (C=O) groups is 1. The van der Waals surface area contributed by atoms with Crippen LogP contribution in [0.25, 0.3) is 0 Å². The molecule has 0 amide bonds. The van der Waals surface area contributed by atoms with Crippen molar-refractivity contribution in [3.05, 3.63) is 0 Å². The fraction of sp³-hybridized carbons (Fsp3) is 0.917. The molecule has 3 atom stereocenters. The Morgan fingerprint density at radius 2 is 2.13 bits per heavy atom. The van der Waals surface area contributed by atoms with Crippen molar-refractivity contribution < 1.29 is 9.90 Å². The average molecular weight is 228 g/mol. The zero-order valence-electron chi connectivity index (χ0n) is 9.15. The molecule has 0 spiro atoms. The summed E-state index contributed by atoms with van der Waals surface area (Å²) in [6, 6.07) is 0. The highest BCUT2D eigenvalue weighted by Gasteiger charge is 2.39. The molecule has 0 aromatic rings. The van der Waals surface area contributed by atoms with Crippen LogP contribution in [0.5, 0.6) is 0 Å². The van der Waals surface area contributed by atoms with Gasteiger partial charge in [0.2, 0.25) is 0 Å². The lowest BCUT2D eigenvalue weighted by molar-refractivity contribution is -0.110. The first kappa shape index (κ1) is 11.5. The third-order valence-electron chi connectivity index (χ3n) is 3.83. The normalized spacial score (nSPS) is 41.7. The summed E-state index contributed by atoms with van der Waals surface area (Å²) in [6.07, 6.45) is 8.49. The van der Waals surface area contributed by atoms with Gasteiger partial charge in [-0.1, -0.05) is 12.8 Å². The van der Waals surface area contributed by atoms with Crippen molar-refractivity contribution in [3.63, 3.8) is 0 Å². The molecule has 1 heterocycles. The Morgan fingerprint density at radius 3 is 2.73 bits per heavy atom. The molecule has 2 aliphatic rings. The second-order valence-electron chi connectivity index (χ2n) is 4.95. The summed E-state index contributed by atoms with van der Waals surface area (Å²) in [5, 5.41) is 9.91. The molecule has 0 bridgehead atoms. The Bertz CT molecular complexity index is 224. The molecule has 0 aromatic heterocycles. The number of aldehydes is 1. The molecular weight excluding hydrogens is 208 g/mol. The van der Waals surface area contributed by atoms with E-state index < -0.39 is 0 Å². The number of rotatable bonds is 3. The lowest BCUT2D eigenvalue weighted by Gasteiger charge is -2.33. The maximum atomic E-state index is 11.2. The number of aliphatic hydroxyl groups excluding tert-OH is 1. The number of carbonyl (C=O) groups excluding carboxylic acids is 1. The topological polar surface area (TPSA) is 37.3 Å². The minimum Gasteiger partial charge on any atom is -0.393 e. The van der Waals surface area contributed by atoms with Gasteiger partial charge in [0.05, 0.1) is 10.9 Å². The zero-order chi connectivity index (χ0) is 10.7. The molecule has 86 valence electrons. The summed E-state index contributed by atoms with van der Waals surface area (Å²) >= 11 is 1.81. The summed E-state index contributed by atoms with van der Waals surface area (Å²) in [4.78, 5) is 11.2. The van der Waals surface area contributed by atoms with Crippen molar-refractivity contribution in [1.82, 2.24) is 0 Å². The van der Waals surface area contributed by atoms with Crippen LogP contribution >= 0.6 is 11.8 Å². The molecule has 1 aliphatic carbocycles. The summed E-state index contributed by atoms with van der Waals surface area (Å²) in [5.74, 6) is 1.48. The summed E-state index contributed by atoms with van der Waals surface area (Å²) in [6.45, 7) is 0. The maximum absolute atomic E-state index is 11.2. The third kappa shape index (κ3) is 2.56. The highest BCUT2D eigenvalue weighted by atomic mass is 32.2. The van der Waals surface area contributed by atoms with Gasteiger partial charge in [-0.15, -0.1) is 11.8 Å². The molecule has 15 heavy (non-hydrogen) atoms. The van der Waals surface area contributed by atoms with Crippen LogP contribution in [0, 0.1) is 5.92 Å². The second-order valence-corrected chi connectivity index (χ2v) is 6.46.